The highest BCUT2D eigenvalue weighted by molar-refractivity contribution is 7.89. The summed E-state index contributed by atoms with van der Waals surface area (Å²) in [4.78, 5) is 25.8. The van der Waals surface area contributed by atoms with Crippen LogP contribution in [0.3, 0.4) is 0 Å². The SMILES string of the molecule is CC(C)CNC(=O)c1ccccc1NC(=O)C1CCN(S(=O)(=O)c2ccc3ccccc3c2)CC1. The van der Waals surface area contributed by atoms with Gasteiger partial charge in [-0.15, -0.1) is 0 Å². The largest absolute Gasteiger partial charge is 0.352 e. The van der Waals surface area contributed by atoms with Crippen molar-refractivity contribution >= 4 is 38.3 Å². The molecule has 0 atom stereocenters. The molecule has 1 aliphatic rings. The first-order valence-corrected chi connectivity index (χ1v) is 13.4. The van der Waals surface area contributed by atoms with Crippen molar-refractivity contribution in [1.82, 2.24) is 9.62 Å². The Bertz CT molecular complexity index is 1330. The number of carbonyl (C=O) groups excluding carboxylic acids is 2. The fraction of sp³-hybridized carbons (Fsp3) is 0.333. The van der Waals surface area contributed by atoms with Crippen molar-refractivity contribution in [2.24, 2.45) is 11.8 Å². The van der Waals surface area contributed by atoms with Crippen LogP contribution >= 0.6 is 0 Å². The summed E-state index contributed by atoms with van der Waals surface area (Å²) in [5.74, 6) is -0.440. The van der Waals surface area contributed by atoms with Gasteiger partial charge in [-0.2, -0.15) is 4.31 Å². The maximum absolute atomic E-state index is 13.2. The fourth-order valence-electron chi connectivity index (χ4n) is 4.25. The lowest BCUT2D eigenvalue weighted by Gasteiger charge is -2.30. The van der Waals surface area contributed by atoms with E-state index in [1.54, 1.807) is 36.4 Å². The summed E-state index contributed by atoms with van der Waals surface area (Å²) < 4.78 is 27.9. The molecule has 0 saturated carbocycles. The minimum atomic E-state index is -3.64. The van der Waals surface area contributed by atoms with Crippen LogP contribution in [0, 0.1) is 11.8 Å². The molecule has 1 aliphatic heterocycles. The molecule has 184 valence electrons. The van der Waals surface area contributed by atoms with Crippen LogP contribution in [0.1, 0.15) is 37.0 Å². The Morgan fingerprint density at radius 2 is 1.60 bits per heavy atom. The summed E-state index contributed by atoms with van der Waals surface area (Å²) in [6.07, 6.45) is 0.834. The van der Waals surface area contributed by atoms with E-state index in [1.807, 2.05) is 44.2 Å². The summed E-state index contributed by atoms with van der Waals surface area (Å²) >= 11 is 0. The lowest BCUT2D eigenvalue weighted by atomic mass is 9.97. The van der Waals surface area contributed by atoms with Gasteiger partial charge in [0.25, 0.3) is 5.91 Å². The molecule has 4 rings (SSSR count). The molecule has 3 aromatic carbocycles. The predicted molar refractivity (Wildman–Crippen MR) is 138 cm³/mol. The molecule has 35 heavy (non-hydrogen) atoms. The molecule has 1 heterocycles. The molecule has 0 aromatic heterocycles. The molecule has 0 radical (unpaired) electrons. The van der Waals surface area contributed by atoms with Gasteiger partial charge in [0.1, 0.15) is 0 Å². The molecular weight excluding hydrogens is 462 g/mol. The second-order valence-electron chi connectivity index (χ2n) is 9.33. The first kappa shape index (κ1) is 24.9. The molecule has 0 bridgehead atoms. The topological polar surface area (TPSA) is 95.6 Å². The molecular formula is C27H31N3O4S. The van der Waals surface area contributed by atoms with E-state index in [0.29, 0.717) is 36.6 Å². The van der Waals surface area contributed by atoms with Gasteiger partial charge in [-0.3, -0.25) is 9.59 Å². The van der Waals surface area contributed by atoms with E-state index in [0.717, 1.165) is 10.8 Å². The van der Waals surface area contributed by atoms with Gasteiger partial charge in [-0.25, -0.2) is 8.42 Å². The van der Waals surface area contributed by atoms with Crippen LogP contribution in [0.2, 0.25) is 0 Å². The lowest BCUT2D eigenvalue weighted by Crippen LogP contribution is -2.41. The molecule has 8 heteroatoms. The molecule has 3 aromatic rings. The Balaban J connectivity index is 1.40. The molecule has 7 nitrogen and oxygen atoms in total. The number of hydrogen-bond donors (Lipinski definition) is 2. The van der Waals surface area contributed by atoms with E-state index in [2.05, 4.69) is 10.6 Å². The number of carbonyl (C=O) groups is 2. The summed E-state index contributed by atoms with van der Waals surface area (Å²) in [5, 5.41) is 7.62. The number of rotatable bonds is 7. The third-order valence-corrected chi connectivity index (χ3v) is 8.18. The maximum Gasteiger partial charge on any atom is 0.253 e. The van der Waals surface area contributed by atoms with Crippen molar-refractivity contribution in [3.05, 3.63) is 72.3 Å². The van der Waals surface area contributed by atoms with E-state index in [4.69, 9.17) is 0 Å². The van der Waals surface area contributed by atoms with Crippen LogP contribution in [0.15, 0.2) is 71.6 Å². The summed E-state index contributed by atoms with van der Waals surface area (Å²) in [6.45, 7) is 5.11. The Morgan fingerprint density at radius 1 is 0.943 bits per heavy atom. The van der Waals surface area contributed by atoms with Crippen LogP contribution in [0.5, 0.6) is 0 Å². The predicted octanol–water partition coefficient (Wildman–Crippen LogP) is 4.27. The monoisotopic (exact) mass is 493 g/mol. The van der Waals surface area contributed by atoms with Gasteiger partial charge < -0.3 is 10.6 Å². The maximum atomic E-state index is 13.2. The summed E-state index contributed by atoms with van der Waals surface area (Å²) in [6, 6.07) is 19.7. The van der Waals surface area contributed by atoms with Crippen molar-refractivity contribution in [1.29, 1.82) is 0 Å². The van der Waals surface area contributed by atoms with Gasteiger partial charge in [0.15, 0.2) is 0 Å². The number of fused-ring (bicyclic) bond motifs is 1. The van der Waals surface area contributed by atoms with E-state index in [1.165, 1.54) is 4.31 Å². The van der Waals surface area contributed by atoms with Crippen LogP contribution in [0.4, 0.5) is 5.69 Å². The standard InChI is InChI=1S/C27H31N3O4S/c1-19(2)18-28-27(32)24-9-5-6-10-25(24)29-26(31)21-13-15-30(16-14-21)35(33,34)23-12-11-20-7-3-4-8-22(20)17-23/h3-12,17,19,21H,13-16,18H2,1-2H3,(H,28,32)(H,29,31). The highest BCUT2D eigenvalue weighted by Gasteiger charge is 2.32. The van der Waals surface area contributed by atoms with Crippen molar-refractivity contribution in [3.63, 3.8) is 0 Å². The average Bonchev–Trinajstić information content (AvgIpc) is 2.87. The van der Waals surface area contributed by atoms with Crippen LogP contribution < -0.4 is 10.6 Å². The van der Waals surface area contributed by atoms with Gasteiger partial charge in [0.05, 0.1) is 16.1 Å². The molecule has 1 fully saturated rings. The summed E-state index contributed by atoms with van der Waals surface area (Å²) in [7, 11) is -3.64. The third kappa shape index (κ3) is 5.71. The number of hydrogen-bond acceptors (Lipinski definition) is 4. The number of amides is 2. The normalized spacial score (nSPS) is 15.3. The number of anilines is 1. The second-order valence-corrected chi connectivity index (χ2v) is 11.3. The highest BCUT2D eigenvalue weighted by atomic mass is 32.2. The minimum absolute atomic E-state index is 0.197. The molecule has 0 aliphatic carbocycles. The quantitative estimate of drug-likeness (QED) is 0.514. The van der Waals surface area contributed by atoms with Crippen LogP contribution in [-0.2, 0) is 14.8 Å². The van der Waals surface area contributed by atoms with Crippen molar-refractivity contribution in [2.75, 3.05) is 25.0 Å². The minimum Gasteiger partial charge on any atom is -0.352 e. The molecule has 2 N–H and O–H groups in total. The van der Waals surface area contributed by atoms with Crippen LogP contribution in [-0.4, -0.2) is 44.2 Å². The molecule has 2 amide bonds. The Hall–Kier alpha value is -3.23. The first-order chi connectivity index (χ1) is 16.8. The third-order valence-electron chi connectivity index (χ3n) is 6.28. The van der Waals surface area contributed by atoms with E-state index < -0.39 is 10.0 Å². The van der Waals surface area contributed by atoms with Gasteiger partial charge in [-0.05, 0) is 53.8 Å². The van der Waals surface area contributed by atoms with Gasteiger partial charge in [-0.1, -0.05) is 56.3 Å². The Kier molecular flexibility index (Phi) is 7.52. The highest BCUT2D eigenvalue weighted by Crippen LogP contribution is 2.27. The van der Waals surface area contributed by atoms with E-state index in [9.17, 15) is 18.0 Å². The average molecular weight is 494 g/mol. The van der Waals surface area contributed by atoms with Crippen molar-refractivity contribution < 1.29 is 18.0 Å². The van der Waals surface area contributed by atoms with Gasteiger partial charge >= 0.3 is 0 Å². The number of benzene rings is 3. The van der Waals surface area contributed by atoms with Gasteiger partial charge in [0, 0.05) is 25.6 Å². The van der Waals surface area contributed by atoms with Gasteiger partial charge in [0.2, 0.25) is 15.9 Å². The van der Waals surface area contributed by atoms with E-state index >= 15 is 0 Å². The number of sulfonamides is 1. The molecule has 0 spiro atoms. The summed E-state index contributed by atoms with van der Waals surface area (Å²) in [5.41, 5.74) is 0.878. The van der Waals surface area contributed by atoms with E-state index in [-0.39, 0.29) is 35.7 Å². The van der Waals surface area contributed by atoms with Crippen LogP contribution in [0.25, 0.3) is 10.8 Å². The Morgan fingerprint density at radius 3 is 2.31 bits per heavy atom. The number of nitrogens with one attached hydrogen (secondary N) is 2. The van der Waals surface area contributed by atoms with Crippen molar-refractivity contribution in [3.8, 4) is 0 Å². The zero-order chi connectivity index (χ0) is 25.0. The number of para-hydroxylation sites is 1. The first-order valence-electron chi connectivity index (χ1n) is 11.9. The number of nitrogens with zero attached hydrogens (tertiary/aromatic N) is 1. The lowest BCUT2D eigenvalue weighted by molar-refractivity contribution is -0.120. The second kappa shape index (κ2) is 10.6. The zero-order valence-corrected chi connectivity index (χ0v) is 20.8. The molecule has 1 saturated heterocycles. The van der Waals surface area contributed by atoms with Crippen molar-refractivity contribution in [2.45, 2.75) is 31.6 Å². The fourth-order valence-corrected chi connectivity index (χ4v) is 5.76. The number of piperidine rings is 1. The zero-order valence-electron chi connectivity index (χ0n) is 20.0. The smallest absolute Gasteiger partial charge is 0.253 e. The molecule has 0 unspecified atom stereocenters. The Labute approximate surface area is 206 Å².